The summed E-state index contributed by atoms with van der Waals surface area (Å²) >= 11 is 0. The molecule has 8 nitrogen and oxygen atoms in total. The van der Waals surface area contributed by atoms with E-state index in [1.54, 1.807) is 32.4 Å². The first-order valence-corrected chi connectivity index (χ1v) is 14.0. The predicted octanol–water partition coefficient (Wildman–Crippen LogP) is 5.44. The largest absolute Gasteiger partial charge is 0.472 e. The molecule has 2 aliphatic carbocycles. The zero-order chi connectivity index (χ0) is 29.2. The first-order chi connectivity index (χ1) is 18.8. The Morgan fingerprint density at radius 3 is 2.58 bits per heavy atom. The molecule has 0 spiro atoms. The van der Waals surface area contributed by atoms with E-state index >= 15 is 0 Å². The van der Waals surface area contributed by atoms with E-state index in [4.69, 9.17) is 23.4 Å². The number of hydrogen-bond donors (Lipinski definition) is 0. The van der Waals surface area contributed by atoms with E-state index < -0.39 is 58.6 Å². The number of carbonyl (C=O) groups is 3. The lowest BCUT2D eigenvalue weighted by molar-refractivity contribution is -0.173. The van der Waals surface area contributed by atoms with Gasteiger partial charge in [-0.1, -0.05) is 32.6 Å². The van der Waals surface area contributed by atoms with Gasteiger partial charge in [0.2, 0.25) is 0 Å². The molecule has 4 aliphatic rings. The molecule has 2 aliphatic heterocycles. The monoisotopic (exact) mass is 552 g/mol. The molecule has 5 rings (SSSR count). The molecule has 8 heteroatoms. The summed E-state index contributed by atoms with van der Waals surface area (Å²) in [7, 11) is 1.36. The van der Waals surface area contributed by atoms with Crippen LogP contribution in [0.4, 0.5) is 0 Å². The third kappa shape index (κ3) is 4.01. The molecule has 40 heavy (non-hydrogen) atoms. The molecule has 0 aromatic carbocycles. The number of esters is 3. The zero-order valence-corrected chi connectivity index (χ0v) is 24.4. The Hall–Kier alpha value is -3.13. The number of hydrogen-bond acceptors (Lipinski definition) is 8. The van der Waals surface area contributed by atoms with Gasteiger partial charge in [0.25, 0.3) is 0 Å². The molecule has 0 radical (unpaired) electrons. The molecule has 0 N–H and O–H groups in total. The van der Waals surface area contributed by atoms with Crippen LogP contribution in [0.5, 0.6) is 0 Å². The van der Waals surface area contributed by atoms with Crippen molar-refractivity contribution in [1.82, 2.24) is 0 Å². The number of allylic oxidation sites excluding steroid dienone is 2. The second kappa shape index (κ2) is 9.75. The number of furan rings is 1. The van der Waals surface area contributed by atoms with Crippen molar-refractivity contribution in [2.45, 2.75) is 90.6 Å². The number of methoxy groups -OCH3 is 1. The van der Waals surface area contributed by atoms with Crippen molar-refractivity contribution in [3.05, 3.63) is 59.6 Å². The van der Waals surface area contributed by atoms with Gasteiger partial charge in [-0.3, -0.25) is 9.59 Å². The first-order valence-electron chi connectivity index (χ1n) is 14.0. The summed E-state index contributed by atoms with van der Waals surface area (Å²) in [6, 6.07) is 1.95. The number of cyclic esters (lactones) is 1. The minimum Gasteiger partial charge on any atom is -0.472 e. The third-order valence-corrected chi connectivity index (χ3v) is 10.3. The maximum absolute atomic E-state index is 13.3. The molecule has 0 amide bonds. The zero-order valence-electron chi connectivity index (χ0n) is 24.4. The van der Waals surface area contributed by atoms with Crippen molar-refractivity contribution in [3.63, 3.8) is 0 Å². The normalized spacial score (nSPS) is 38.4. The molecule has 216 valence electrons. The van der Waals surface area contributed by atoms with E-state index in [1.165, 1.54) is 7.11 Å². The summed E-state index contributed by atoms with van der Waals surface area (Å²) in [4.78, 5) is 39.2. The highest BCUT2D eigenvalue weighted by Gasteiger charge is 2.71. The molecule has 8 atom stereocenters. The van der Waals surface area contributed by atoms with Crippen LogP contribution in [0.2, 0.25) is 0 Å². The molecular weight excluding hydrogens is 512 g/mol. The Kier molecular flexibility index (Phi) is 6.93. The molecule has 3 fully saturated rings. The lowest BCUT2D eigenvalue weighted by atomic mass is 9.51. The second-order valence-electron chi connectivity index (χ2n) is 12.6. The van der Waals surface area contributed by atoms with Gasteiger partial charge < -0.3 is 23.4 Å². The van der Waals surface area contributed by atoms with E-state index in [2.05, 4.69) is 26.5 Å². The summed E-state index contributed by atoms with van der Waals surface area (Å²) in [5.74, 6) is -2.01. The Morgan fingerprint density at radius 2 is 1.95 bits per heavy atom. The van der Waals surface area contributed by atoms with Gasteiger partial charge in [-0.15, -0.1) is 0 Å². The standard InChI is InChI=1S/C32H40O8/c1-9-17(2)29(35)39-28-27-26(18(3)20-10-11-21(31(20,28)6)19-12-13-37-16-19)32(7)22(14-24(33)36-8)30(4,5)40-25(34)15-23(32)38-27/h9-10,12-13,16,21-23,26-28H,3,11,14-15H2,1-2,4-8H3/t21-,22-,23-,26+,27+,28-,31+,32+/m0/s1. The van der Waals surface area contributed by atoms with Crippen LogP contribution >= 0.6 is 0 Å². The third-order valence-electron chi connectivity index (χ3n) is 10.3. The Balaban J connectivity index is 1.68. The molecule has 0 unspecified atom stereocenters. The van der Waals surface area contributed by atoms with Crippen LogP contribution in [-0.2, 0) is 33.3 Å². The smallest absolute Gasteiger partial charge is 0.333 e. The predicted molar refractivity (Wildman–Crippen MR) is 146 cm³/mol. The molecule has 1 aromatic heterocycles. The maximum Gasteiger partial charge on any atom is 0.333 e. The van der Waals surface area contributed by atoms with Crippen molar-refractivity contribution in [3.8, 4) is 0 Å². The number of carbonyl (C=O) groups excluding carboxylic acids is 3. The summed E-state index contributed by atoms with van der Waals surface area (Å²) in [6.45, 7) is 16.0. The van der Waals surface area contributed by atoms with Gasteiger partial charge in [0.05, 0.1) is 38.6 Å². The highest BCUT2D eigenvalue weighted by Crippen LogP contribution is 2.68. The summed E-state index contributed by atoms with van der Waals surface area (Å²) in [5, 5.41) is 0. The summed E-state index contributed by atoms with van der Waals surface area (Å²) in [5.41, 5.74) is 1.04. The average Bonchev–Trinajstić information content (AvgIpc) is 3.60. The van der Waals surface area contributed by atoms with Gasteiger partial charge in [-0.25, -0.2) is 4.79 Å². The van der Waals surface area contributed by atoms with Gasteiger partial charge >= 0.3 is 17.9 Å². The molecule has 2 saturated heterocycles. The minimum absolute atomic E-state index is 0.0212. The van der Waals surface area contributed by atoms with Crippen LogP contribution in [0.1, 0.15) is 72.3 Å². The number of rotatable bonds is 5. The fourth-order valence-electron chi connectivity index (χ4n) is 8.22. The quantitative estimate of drug-likeness (QED) is 0.270. The van der Waals surface area contributed by atoms with Crippen molar-refractivity contribution < 1.29 is 37.7 Å². The Bertz CT molecular complexity index is 1290. The second-order valence-corrected chi connectivity index (χ2v) is 12.6. The van der Waals surface area contributed by atoms with Crippen LogP contribution in [0, 0.1) is 22.7 Å². The SMILES string of the molecule is C=C1C2=CC[C@@H](c3ccoc3)[C@]2(C)[C@@H](OC(=O)C(C)=CC)[C@@H]2O[C@H]3CC(=O)OC(C)(C)[C@H](CC(=O)OC)[C@@]3(C)[C@H]12. The van der Waals surface area contributed by atoms with Crippen LogP contribution in [0.25, 0.3) is 0 Å². The molecule has 3 heterocycles. The Morgan fingerprint density at radius 1 is 1.23 bits per heavy atom. The average molecular weight is 553 g/mol. The van der Waals surface area contributed by atoms with Crippen LogP contribution in [0.15, 0.2) is 58.5 Å². The van der Waals surface area contributed by atoms with Gasteiger partial charge in [0.15, 0.2) is 0 Å². The number of fused-ring (bicyclic) bond motifs is 4. The minimum atomic E-state index is -0.981. The first kappa shape index (κ1) is 28.4. The molecular formula is C32H40O8. The Labute approximate surface area is 235 Å². The topological polar surface area (TPSA) is 101 Å². The number of ether oxygens (including phenoxy) is 4. The fraction of sp³-hybridized carbons (Fsp3) is 0.594. The highest BCUT2D eigenvalue weighted by atomic mass is 16.6. The van der Waals surface area contributed by atoms with E-state index in [-0.39, 0.29) is 24.7 Å². The van der Waals surface area contributed by atoms with E-state index in [0.717, 1.165) is 23.1 Å². The lowest BCUT2D eigenvalue weighted by Gasteiger charge is -2.53. The van der Waals surface area contributed by atoms with Crippen molar-refractivity contribution in [2.75, 3.05) is 7.11 Å². The highest BCUT2D eigenvalue weighted by molar-refractivity contribution is 5.88. The van der Waals surface area contributed by atoms with E-state index in [9.17, 15) is 14.4 Å². The molecule has 1 saturated carbocycles. The molecule has 0 bridgehead atoms. The van der Waals surface area contributed by atoms with Crippen molar-refractivity contribution in [2.24, 2.45) is 22.7 Å². The van der Waals surface area contributed by atoms with E-state index in [0.29, 0.717) is 5.57 Å². The van der Waals surface area contributed by atoms with Gasteiger partial charge in [-0.2, -0.15) is 0 Å². The summed E-state index contributed by atoms with van der Waals surface area (Å²) in [6.07, 6.45) is 6.24. The van der Waals surface area contributed by atoms with Crippen molar-refractivity contribution in [1.29, 1.82) is 0 Å². The van der Waals surface area contributed by atoms with Crippen LogP contribution in [-0.4, -0.2) is 48.9 Å². The summed E-state index contributed by atoms with van der Waals surface area (Å²) < 4.78 is 29.7. The fourth-order valence-corrected chi connectivity index (χ4v) is 8.22. The van der Waals surface area contributed by atoms with Crippen molar-refractivity contribution >= 4 is 17.9 Å². The van der Waals surface area contributed by atoms with Crippen LogP contribution < -0.4 is 0 Å². The maximum atomic E-state index is 13.3. The molecule has 1 aromatic rings. The lowest BCUT2D eigenvalue weighted by Crippen LogP contribution is -2.57. The van der Waals surface area contributed by atoms with Gasteiger partial charge in [0, 0.05) is 34.2 Å². The van der Waals surface area contributed by atoms with E-state index in [1.807, 2.05) is 19.9 Å². The van der Waals surface area contributed by atoms with Crippen LogP contribution in [0.3, 0.4) is 0 Å². The van der Waals surface area contributed by atoms with Gasteiger partial charge in [0.1, 0.15) is 17.8 Å². The van der Waals surface area contributed by atoms with Gasteiger partial charge in [-0.05, 0) is 56.9 Å².